The van der Waals surface area contributed by atoms with Crippen molar-refractivity contribution in [3.63, 3.8) is 0 Å². The first kappa shape index (κ1) is 20.0. The van der Waals surface area contributed by atoms with E-state index in [4.69, 9.17) is 9.15 Å². The fourth-order valence-electron chi connectivity index (χ4n) is 3.79. The number of hydrogen-bond acceptors (Lipinski definition) is 6. The van der Waals surface area contributed by atoms with Gasteiger partial charge < -0.3 is 24.5 Å². The molecule has 1 aromatic heterocycles. The number of aromatic carboxylic acids is 1. The van der Waals surface area contributed by atoms with Crippen LogP contribution >= 0.6 is 0 Å². The number of hydrogen-bond donors (Lipinski definition) is 2. The first-order valence-electron chi connectivity index (χ1n) is 9.94. The van der Waals surface area contributed by atoms with Crippen LogP contribution in [-0.2, 0) is 4.74 Å². The highest BCUT2D eigenvalue weighted by Gasteiger charge is 2.20. The van der Waals surface area contributed by atoms with E-state index in [1.165, 1.54) is 6.07 Å². The van der Waals surface area contributed by atoms with Crippen LogP contribution in [0.3, 0.4) is 0 Å². The number of carboxylic acids is 1. The molecule has 0 radical (unpaired) electrons. The van der Waals surface area contributed by atoms with Gasteiger partial charge in [-0.1, -0.05) is 18.2 Å². The van der Waals surface area contributed by atoms with E-state index in [0.29, 0.717) is 48.8 Å². The molecule has 7 nitrogen and oxygen atoms in total. The molecule has 30 heavy (non-hydrogen) atoms. The van der Waals surface area contributed by atoms with Crippen molar-refractivity contribution in [1.29, 1.82) is 0 Å². The van der Waals surface area contributed by atoms with Crippen LogP contribution in [0.5, 0.6) is 0 Å². The van der Waals surface area contributed by atoms with E-state index in [1.54, 1.807) is 24.3 Å². The zero-order valence-electron chi connectivity index (χ0n) is 17.0. The number of para-hydroxylation sites is 1. The minimum absolute atomic E-state index is 0.0965. The van der Waals surface area contributed by atoms with E-state index < -0.39 is 5.97 Å². The zero-order chi connectivity index (χ0) is 21.3. The number of nitrogens with zero attached hydrogens (tertiary/aromatic N) is 1. The van der Waals surface area contributed by atoms with Crippen molar-refractivity contribution in [1.82, 2.24) is 0 Å². The van der Waals surface area contributed by atoms with Gasteiger partial charge in [-0.2, -0.15) is 0 Å². The van der Waals surface area contributed by atoms with Crippen molar-refractivity contribution in [3.8, 4) is 0 Å². The fourth-order valence-corrected chi connectivity index (χ4v) is 3.79. The molecule has 4 rings (SSSR count). The van der Waals surface area contributed by atoms with Gasteiger partial charge in [0, 0.05) is 30.4 Å². The molecule has 1 aliphatic rings. The number of carboxylic acid groups (broad SMARTS) is 1. The molecule has 1 atom stereocenters. The van der Waals surface area contributed by atoms with Crippen LogP contribution < -0.4 is 15.6 Å². The molecule has 0 amide bonds. The lowest BCUT2D eigenvalue weighted by Gasteiger charge is -2.27. The van der Waals surface area contributed by atoms with Crippen LogP contribution in [0.25, 0.3) is 11.0 Å². The summed E-state index contributed by atoms with van der Waals surface area (Å²) in [6, 6.07) is 11.8. The van der Waals surface area contributed by atoms with Gasteiger partial charge in [-0.3, -0.25) is 4.79 Å². The number of ether oxygens (including phenoxy) is 1. The normalized spacial score (nSPS) is 15.2. The minimum Gasteiger partial charge on any atom is -0.478 e. The van der Waals surface area contributed by atoms with E-state index >= 15 is 0 Å². The smallest absolute Gasteiger partial charge is 0.337 e. The summed E-state index contributed by atoms with van der Waals surface area (Å²) in [5.41, 5.74) is 2.86. The molecule has 3 aromatic rings. The van der Waals surface area contributed by atoms with Crippen molar-refractivity contribution >= 4 is 28.5 Å². The largest absolute Gasteiger partial charge is 0.478 e. The predicted octanol–water partition coefficient (Wildman–Crippen LogP) is 3.81. The topological polar surface area (TPSA) is 92.0 Å². The maximum Gasteiger partial charge on any atom is 0.337 e. The van der Waals surface area contributed by atoms with Crippen LogP contribution in [0, 0.1) is 6.92 Å². The number of carbonyl (C=O) groups is 1. The fraction of sp³-hybridized carbons (Fsp3) is 0.304. The number of aryl methyl sites for hydroxylation is 1. The Morgan fingerprint density at radius 2 is 1.90 bits per heavy atom. The van der Waals surface area contributed by atoms with Gasteiger partial charge in [-0.25, -0.2) is 4.79 Å². The molecule has 0 aliphatic carbocycles. The molecule has 1 aliphatic heterocycles. The van der Waals surface area contributed by atoms with Crippen LogP contribution in [0.1, 0.15) is 34.5 Å². The van der Waals surface area contributed by atoms with Crippen LogP contribution in [0.2, 0.25) is 0 Å². The van der Waals surface area contributed by atoms with E-state index in [-0.39, 0.29) is 17.0 Å². The summed E-state index contributed by atoms with van der Waals surface area (Å²) in [5, 5.41) is 13.3. The maximum absolute atomic E-state index is 12.9. The summed E-state index contributed by atoms with van der Waals surface area (Å²) >= 11 is 0. The third kappa shape index (κ3) is 3.89. The van der Waals surface area contributed by atoms with Gasteiger partial charge >= 0.3 is 5.97 Å². The number of fused-ring (bicyclic) bond motifs is 1. The second-order valence-electron chi connectivity index (χ2n) is 7.50. The van der Waals surface area contributed by atoms with Crippen molar-refractivity contribution in [2.75, 3.05) is 36.5 Å². The number of rotatable bonds is 5. The van der Waals surface area contributed by atoms with Crippen molar-refractivity contribution in [3.05, 3.63) is 69.4 Å². The Labute approximate surface area is 173 Å². The highest BCUT2D eigenvalue weighted by molar-refractivity contribution is 5.94. The molecule has 1 saturated heterocycles. The molecule has 2 heterocycles. The molecule has 0 spiro atoms. The zero-order valence-corrected chi connectivity index (χ0v) is 17.0. The van der Waals surface area contributed by atoms with E-state index in [1.807, 2.05) is 30.9 Å². The van der Waals surface area contributed by atoms with E-state index in [0.717, 1.165) is 11.1 Å². The SMILES string of the molecule is Cc1cc([C@H](C)Nc2ccccc2C(=O)O)c2oc(N3CCOCC3)cc(=O)c2c1. The van der Waals surface area contributed by atoms with Gasteiger partial charge in [0.15, 0.2) is 11.3 Å². The molecule has 7 heteroatoms. The number of morpholine rings is 1. The Hall–Kier alpha value is -3.32. The van der Waals surface area contributed by atoms with Crippen LogP contribution in [0.4, 0.5) is 11.6 Å². The Kier molecular flexibility index (Phi) is 5.46. The third-order valence-corrected chi connectivity index (χ3v) is 5.31. The summed E-state index contributed by atoms with van der Waals surface area (Å²) in [4.78, 5) is 26.4. The lowest BCUT2D eigenvalue weighted by Crippen LogP contribution is -2.36. The Bertz CT molecular complexity index is 1150. The van der Waals surface area contributed by atoms with Crippen molar-refractivity contribution in [2.24, 2.45) is 0 Å². The second kappa shape index (κ2) is 8.20. The number of benzene rings is 2. The summed E-state index contributed by atoms with van der Waals surface area (Å²) in [5.74, 6) is -0.473. The molecule has 2 aromatic carbocycles. The molecular weight excluding hydrogens is 384 g/mol. The minimum atomic E-state index is -1.000. The Morgan fingerprint density at radius 1 is 1.17 bits per heavy atom. The predicted molar refractivity (Wildman–Crippen MR) is 116 cm³/mol. The Morgan fingerprint density at radius 3 is 2.63 bits per heavy atom. The molecule has 0 saturated carbocycles. The molecule has 2 N–H and O–H groups in total. The molecule has 0 unspecified atom stereocenters. The lowest BCUT2D eigenvalue weighted by atomic mass is 10.0. The standard InChI is InChI=1S/C23H24N2O5/c1-14-11-17(15(2)24-19-6-4-3-5-16(19)23(27)28)22-18(12-14)20(26)13-21(30-22)25-7-9-29-10-8-25/h3-6,11-13,15,24H,7-10H2,1-2H3,(H,27,28)/t15-/m0/s1. The van der Waals surface area contributed by atoms with E-state index in [2.05, 4.69) is 5.32 Å². The van der Waals surface area contributed by atoms with Gasteiger partial charge in [0.1, 0.15) is 5.58 Å². The quantitative estimate of drug-likeness (QED) is 0.663. The number of nitrogens with one attached hydrogen (secondary N) is 1. The average Bonchev–Trinajstić information content (AvgIpc) is 2.74. The second-order valence-corrected chi connectivity index (χ2v) is 7.50. The monoisotopic (exact) mass is 408 g/mol. The highest BCUT2D eigenvalue weighted by Crippen LogP contribution is 2.31. The van der Waals surface area contributed by atoms with Gasteiger partial charge in [0.05, 0.1) is 30.2 Å². The average molecular weight is 408 g/mol. The number of anilines is 2. The summed E-state index contributed by atoms with van der Waals surface area (Å²) in [7, 11) is 0. The van der Waals surface area contributed by atoms with Crippen molar-refractivity contribution in [2.45, 2.75) is 19.9 Å². The summed E-state index contributed by atoms with van der Waals surface area (Å²) in [6.07, 6.45) is 0. The summed E-state index contributed by atoms with van der Waals surface area (Å²) < 4.78 is 11.6. The van der Waals surface area contributed by atoms with E-state index in [9.17, 15) is 14.7 Å². The molecule has 156 valence electrons. The third-order valence-electron chi connectivity index (χ3n) is 5.31. The first-order valence-corrected chi connectivity index (χ1v) is 9.94. The molecular formula is C23H24N2O5. The highest BCUT2D eigenvalue weighted by atomic mass is 16.5. The Balaban J connectivity index is 1.78. The van der Waals surface area contributed by atoms with Gasteiger partial charge in [0.2, 0.25) is 0 Å². The molecule has 1 fully saturated rings. The summed E-state index contributed by atoms with van der Waals surface area (Å²) in [6.45, 7) is 6.36. The van der Waals surface area contributed by atoms with Crippen molar-refractivity contribution < 1.29 is 19.1 Å². The van der Waals surface area contributed by atoms with Gasteiger partial charge in [-0.15, -0.1) is 0 Å². The molecule has 0 bridgehead atoms. The van der Waals surface area contributed by atoms with Gasteiger partial charge in [0.25, 0.3) is 0 Å². The van der Waals surface area contributed by atoms with Crippen LogP contribution in [0.15, 0.2) is 51.7 Å². The van der Waals surface area contributed by atoms with Gasteiger partial charge in [-0.05, 0) is 37.6 Å². The first-order chi connectivity index (χ1) is 14.4. The van der Waals surface area contributed by atoms with Crippen LogP contribution in [-0.4, -0.2) is 37.4 Å². The maximum atomic E-state index is 12.9. The lowest BCUT2D eigenvalue weighted by molar-refractivity contribution is 0.0698.